The van der Waals surface area contributed by atoms with E-state index in [9.17, 15) is 4.79 Å². The van der Waals surface area contributed by atoms with Crippen LogP contribution in [0, 0.1) is 5.41 Å². The van der Waals surface area contributed by atoms with Crippen LogP contribution in [0.3, 0.4) is 0 Å². The minimum absolute atomic E-state index is 0.0467. The fourth-order valence-corrected chi connectivity index (χ4v) is 3.12. The zero-order valence-electron chi connectivity index (χ0n) is 10.1. The monoisotopic (exact) mass is 252 g/mol. The van der Waals surface area contributed by atoms with Crippen molar-refractivity contribution in [2.24, 2.45) is 5.41 Å². The molecule has 0 spiro atoms. The van der Waals surface area contributed by atoms with E-state index in [1.54, 1.807) is 17.1 Å². The first-order valence-electron chi connectivity index (χ1n) is 6.37. The molecule has 0 unspecified atom stereocenters. The molecule has 1 fully saturated rings. The smallest absolute Gasteiger partial charge is 0.253 e. The molecule has 0 bridgehead atoms. The highest BCUT2D eigenvalue weighted by atomic mass is 32.1. The first kappa shape index (κ1) is 12.7. The van der Waals surface area contributed by atoms with Gasteiger partial charge in [-0.1, -0.05) is 25.7 Å². The maximum absolute atomic E-state index is 11.7. The molecule has 1 heterocycles. The zero-order valence-corrected chi connectivity index (χ0v) is 11.0. The molecule has 2 rings (SSSR count). The molecule has 94 valence electrons. The van der Waals surface area contributed by atoms with Crippen LogP contribution in [0.2, 0.25) is 0 Å². The van der Waals surface area contributed by atoms with Crippen molar-refractivity contribution in [3.63, 3.8) is 0 Å². The fourth-order valence-electron chi connectivity index (χ4n) is 2.70. The minimum Gasteiger partial charge on any atom is -0.299 e. The van der Waals surface area contributed by atoms with E-state index in [4.69, 9.17) is 0 Å². The molecule has 0 N–H and O–H groups in total. The van der Waals surface area contributed by atoms with Crippen LogP contribution < -0.4 is 5.56 Å². The van der Waals surface area contributed by atoms with Gasteiger partial charge in [-0.25, -0.2) is 4.98 Å². The maximum Gasteiger partial charge on any atom is 0.253 e. The highest BCUT2D eigenvalue weighted by molar-refractivity contribution is 7.80. The largest absolute Gasteiger partial charge is 0.299 e. The van der Waals surface area contributed by atoms with Crippen molar-refractivity contribution >= 4 is 12.6 Å². The molecule has 0 saturated heterocycles. The van der Waals surface area contributed by atoms with E-state index in [-0.39, 0.29) is 11.0 Å². The van der Waals surface area contributed by atoms with Crippen LogP contribution >= 0.6 is 12.6 Å². The topological polar surface area (TPSA) is 34.9 Å². The maximum atomic E-state index is 11.7. The van der Waals surface area contributed by atoms with Gasteiger partial charge in [-0.05, 0) is 24.0 Å². The summed E-state index contributed by atoms with van der Waals surface area (Å²) in [5, 5.41) is 0. The molecule has 1 aromatic heterocycles. The van der Waals surface area contributed by atoms with Crippen LogP contribution in [0.1, 0.15) is 38.5 Å². The number of nitrogens with zero attached hydrogens (tertiary/aromatic N) is 2. The summed E-state index contributed by atoms with van der Waals surface area (Å²) in [5.74, 6) is 0.855. The summed E-state index contributed by atoms with van der Waals surface area (Å²) in [4.78, 5) is 15.8. The van der Waals surface area contributed by atoms with Crippen LogP contribution in [0.25, 0.3) is 0 Å². The lowest BCUT2D eigenvalue weighted by atomic mass is 9.82. The average Bonchev–Trinajstić information content (AvgIpc) is 2.58. The Hall–Kier alpha value is -0.770. The molecule has 4 heteroatoms. The van der Waals surface area contributed by atoms with Gasteiger partial charge in [0.05, 0.1) is 6.33 Å². The Morgan fingerprint density at radius 1 is 1.29 bits per heavy atom. The summed E-state index contributed by atoms with van der Waals surface area (Å²) in [7, 11) is 0. The third kappa shape index (κ3) is 3.12. The van der Waals surface area contributed by atoms with E-state index in [1.807, 2.05) is 0 Å². The Labute approximate surface area is 108 Å². The van der Waals surface area contributed by atoms with Crippen LogP contribution in [-0.4, -0.2) is 15.3 Å². The summed E-state index contributed by atoms with van der Waals surface area (Å²) in [6.45, 7) is 0.767. The summed E-state index contributed by atoms with van der Waals surface area (Å²) in [6, 6.07) is 1.53. The van der Waals surface area contributed by atoms with E-state index >= 15 is 0 Å². The Balaban J connectivity index is 2.18. The van der Waals surface area contributed by atoms with Crippen molar-refractivity contribution in [3.05, 3.63) is 28.9 Å². The standard InChI is InChI=1S/C13H20N2OS/c16-12-5-8-14-11-15(12)9-13(10-17)6-3-1-2-4-7-13/h5,8,11,17H,1-4,6-7,9-10H2. The number of rotatable bonds is 3. The SMILES string of the molecule is O=c1ccncn1CC1(CS)CCCCCC1. The molecule has 0 atom stereocenters. The van der Waals surface area contributed by atoms with Gasteiger partial charge in [-0.2, -0.15) is 12.6 Å². The lowest BCUT2D eigenvalue weighted by Crippen LogP contribution is -2.33. The Morgan fingerprint density at radius 3 is 2.59 bits per heavy atom. The van der Waals surface area contributed by atoms with Gasteiger partial charge in [-0.15, -0.1) is 0 Å². The van der Waals surface area contributed by atoms with E-state index in [2.05, 4.69) is 17.6 Å². The number of hydrogen-bond acceptors (Lipinski definition) is 3. The molecule has 1 saturated carbocycles. The third-order valence-corrected chi connectivity index (χ3v) is 4.47. The normalized spacial score (nSPS) is 19.8. The molecule has 3 nitrogen and oxygen atoms in total. The second-order valence-corrected chi connectivity index (χ2v) is 5.43. The molecular formula is C13H20N2OS. The lowest BCUT2D eigenvalue weighted by molar-refractivity contribution is 0.237. The average molecular weight is 252 g/mol. The highest BCUT2D eigenvalue weighted by Gasteiger charge is 2.30. The van der Waals surface area contributed by atoms with Gasteiger partial charge in [0.25, 0.3) is 5.56 Å². The predicted octanol–water partition coefficient (Wildman–Crippen LogP) is 2.51. The zero-order chi connectivity index (χ0) is 12.1. The molecule has 0 aliphatic heterocycles. The minimum atomic E-state index is 0.0467. The van der Waals surface area contributed by atoms with Gasteiger partial charge in [0, 0.05) is 18.8 Å². The van der Waals surface area contributed by atoms with Crippen LogP contribution in [0.5, 0.6) is 0 Å². The van der Waals surface area contributed by atoms with E-state index in [1.165, 1.54) is 44.6 Å². The molecule has 0 aromatic carbocycles. The molecule has 0 amide bonds. The van der Waals surface area contributed by atoms with Crippen LogP contribution in [-0.2, 0) is 6.54 Å². The summed E-state index contributed by atoms with van der Waals surface area (Å²) < 4.78 is 1.74. The summed E-state index contributed by atoms with van der Waals surface area (Å²) >= 11 is 4.53. The van der Waals surface area contributed by atoms with Crippen LogP contribution in [0.15, 0.2) is 23.4 Å². The molecule has 1 aliphatic carbocycles. The quantitative estimate of drug-likeness (QED) is 0.662. The van der Waals surface area contributed by atoms with Crippen molar-refractivity contribution < 1.29 is 0 Å². The van der Waals surface area contributed by atoms with Crippen molar-refractivity contribution in [1.29, 1.82) is 0 Å². The van der Waals surface area contributed by atoms with Crippen molar-refractivity contribution in [2.45, 2.75) is 45.1 Å². The second kappa shape index (κ2) is 5.71. The van der Waals surface area contributed by atoms with Gasteiger partial charge < -0.3 is 0 Å². The Morgan fingerprint density at radius 2 is 2.00 bits per heavy atom. The van der Waals surface area contributed by atoms with E-state index in [0.717, 1.165) is 12.3 Å². The van der Waals surface area contributed by atoms with Gasteiger partial charge >= 0.3 is 0 Å². The highest BCUT2D eigenvalue weighted by Crippen LogP contribution is 2.37. The first-order chi connectivity index (χ1) is 8.26. The number of thiol groups is 1. The molecule has 1 aliphatic rings. The van der Waals surface area contributed by atoms with Gasteiger partial charge in [-0.3, -0.25) is 9.36 Å². The number of hydrogen-bond donors (Lipinski definition) is 1. The first-order valence-corrected chi connectivity index (χ1v) is 7.00. The predicted molar refractivity (Wildman–Crippen MR) is 72.5 cm³/mol. The van der Waals surface area contributed by atoms with Gasteiger partial charge in [0.1, 0.15) is 0 Å². The lowest BCUT2D eigenvalue weighted by Gasteiger charge is -2.31. The second-order valence-electron chi connectivity index (χ2n) is 5.12. The Kier molecular flexibility index (Phi) is 4.26. The van der Waals surface area contributed by atoms with Crippen LogP contribution in [0.4, 0.5) is 0 Å². The van der Waals surface area contributed by atoms with Crippen molar-refractivity contribution in [3.8, 4) is 0 Å². The molecule has 17 heavy (non-hydrogen) atoms. The van der Waals surface area contributed by atoms with E-state index < -0.39 is 0 Å². The molecular weight excluding hydrogens is 232 g/mol. The third-order valence-electron chi connectivity index (χ3n) is 3.80. The molecule has 1 aromatic rings. The van der Waals surface area contributed by atoms with E-state index in [0.29, 0.717) is 0 Å². The summed E-state index contributed by atoms with van der Waals surface area (Å²) in [5.41, 5.74) is 0.234. The molecule has 0 radical (unpaired) electrons. The van der Waals surface area contributed by atoms with Crippen molar-refractivity contribution in [1.82, 2.24) is 9.55 Å². The Bertz CT molecular complexity index is 408. The number of aromatic nitrogens is 2. The van der Waals surface area contributed by atoms with Gasteiger partial charge in [0.2, 0.25) is 0 Å². The fraction of sp³-hybridized carbons (Fsp3) is 0.692. The van der Waals surface area contributed by atoms with Crippen molar-refractivity contribution in [2.75, 3.05) is 5.75 Å². The summed E-state index contributed by atoms with van der Waals surface area (Å²) in [6.07, 6.45) is 10.7. The van der Waals surface area contributed by atoms with Gasteiger partial charge in [0.15, 0.2) is 0 Å².